The average molecular weight is 420 g/mol. The highest BCUT2D eigenvalue weighted by Gasteiger charge is 2.12. The molecule has 3 N–H and O–H groups in total. The van der Waals surface area contributed by atoms with E-state index in [1.807, 2.05) is 31.2 Å². The third-order valence-electron chi connectivity index (χ3n) is 4.66. The minimum atomic E-state index is -0.546. The van der Waals surface area contributed by atoms with Crippen molar-refractivity contribution in [2.24, 2.45) is 7.05 Å². The van der Waals surface area contributed by atoms with Crippen molar-refractivity contribution in [1.82, 2.24) is 24.5 Å². The van der Waals surface area contributed by atoms with Crippen molar-refractivity contribution in [2.45, 2.75) is 19.8 Å². The molecule has 10 heteroatoms. The fourth-order valence-corrected chi connectivity index (χ4v) is 2.97. The van der Waals surface area contributed by atoms with Crippen LogP contribution in [-0.2, 0) is 18.3 Å². The third kappa shape index (κ3) is 4.53. The van der Waals surface area contributed by atoms with Crippen LogP contribution in [0.3, 0.4) is 0 Å². The number of amides is 1. The Morgan fingerprint density at radius 2 is 1.90 bits per heavy atom. The number of pyridine rings is 1. The molecule has 1 amide bonds. The van der Waals surface area contributed by atoms with Crippen LogP contribution in [0.15, 0.2) is 52.2 Å². The van der Waals surface area contributed by atoms with Crippen LogP contribution in [0.2, 0.25) is 0 Å². The van der Waals surface area contributed by atoms with Crippen molar-refractivity contribution < 1.29 is 9.53 Å². The Bertz CT molecular complexity index is 1350. The average Bonchev–Trinajstić information content (AvgIpc) is 3.19. The van der Waals surface area contributed by atoms with Crippen molar-refractivity contribution >= 4 is 22.8 Å². The number of carbonyl (C=O) groups excluding carboxylic acids is 1. The van der Waals surface area contributed by atoms with Crippen LogP contribution < -0.4 is 21.3 Å². The topological polar surface area (TPSA) is 135 Å². The SMILES string of the molecule is Cc1ccc(Oc2ccc(NC(=O)CCc3nc4c([nH]3)c(=O)[nH]c(=O)n4C)cn2)cc1. The summed E-state index contributed by atoms with van der Waals surface area (Å²) >= 11 is 0. The number of hydrogen-bond acceptors (Lipinski definition) is 6. The number of benzene rings is 1. The largest absolute Gasteiger partial charge is 0.439 e. The first-order valence-electron chi connectivity index (χ1n) is 9.57. The first-order chi connectivity index (χ1) is 14.9. The zero-order valence-corrected chi connectivity index (χ0v) is 16.9. The summed E-state index contributed by atoms with van der Waals surface area (Å²) in [7, 11) is 1.51. The molecular weight excluding hydrogens is 400 g/mol. The molecule has 4 aromatic rings. The summed E-state index contributed by atoms with van der Waals surface area (Å²) in [5, 5.41) is 2.75. The van der Waals surface area contributed by atoms with E-state index in [9.17, 15) is 14.4 Å². The van der Waals surface area contributed by atoms with E-state index in [4.69, 9.17) is 4.74 Å². The van der Waals surface area contributed by atoms with Gasteiger partial charge in [0.05, 0.1) is 11.9 Å². The van der Waals surface area contributed by atoms with Crippen LogP contribution in [0, 0.1) is 6.92 Å². The third-order valence-corrected chi connectivity index (χ3v) is 4.66. The second-order valence-electron chi connectivity index (χ2n) is 7.05. The van der Waals surface area contributed by atoms with Crippen LogP contribution >= 0.6 is 0 Å². The molecule has 4 rings (SSSR count). The lowest BCUT2D eigenvalue weighted by atomic mass is 10.2. The van der Waals surface area contributed by atoms with E-state index < -0.39 is 11.2 Å². The van der Waals surface area contributed by atoms with Crippen LogP contribution in [0.4, 0.5) is 5.69 Å². The molecule has 1 aromatic carbocycles. The molecule has 0 saturated heterocycles. The van der Waals surface area contributed by atoms with Gasteiger partial charge in [-0.25, -0.2) is 14.8 Å². The van der Waals surface area contributed by atoms with Crippen LogP contribution in [0.25, 0.3) is 11.2 Å². The zero-order chi connectivity index (χ0) is 22.0. The second kappa shape index (κ2) is 8.27. The highest BCUT2D eigenvalue weighted by molar-refractivity contribution is 5.90. The molecule has 0 spiro atoms. The molecule has 0 fully saturated rings. The lowest BCUT2D eigenvalue weighted by molar-refractivity contribution is -0.116. The van der Waals surface area contributed by atoms with E-state index >= 15 is 0 Å². The molecule has 0 saturated carbocycles. The van der Waals surface area contributed by atoms with Crippen LogP contribution in [0.5, 0.6) is 11.6 Å². The maximum absolute atomic E-state index is 12.3. The van der Waals surface area contributed by atoms with E-state index in [-0.39, 0.29) is 29.9 Å². The van der Waals surface area contributed by atoms with Gasteiger partial charge < -0.3 is 15.0 Å². The van der Waals surface area contributed by atoms with Gasteiger partial charge in [0, 0.05) is 26.0 Å². The van der Waals surface area contributed by atoms with Crippen molar-refractivity contribution in [3.8, 4) is 11.6 Å². The number of aryl methyl sites for hydroxylation is 3. The highest BCUT2D eigenvalue weighted by Crippen LogP contribution is 2.20. The van der Waals surface area contributed by atoms with E-state index in [1.165, 1.54) is 17.8 Å². The maximum atomic E-state index is 12.3. The molecule has 0 aliphatic heterocycles. The number of hydrogen-bond donors (Lipinski definition) is 3. The van der Waals surface area contributed by atoms with Crippen LogP contribution in [0.1, 0.15) is 17.8 Å². The Morgan fingerprint density at radius 3 is 2.61 bits per heavy atom. The Labute approximate surface area is 175 Å². The smallest absolute Gasteiger partial charge is 0.329 e. The molecular formula is C21H20N6O4. The fourth-order valence-electron chi connectivity index (χ4n) is 2.97. The van der Waals surface area contributed by atoms with Crippen molar-refractivity contribution in [3.63, 3.8) is 0 Å². The number of H-pyrrole nitrogens is 2. The maximum Gasteiger partial charge on any atom is 0.329 e. The lowest BCUT2D eigenvalue weighted by Gasteiger charge is -2.07. The van der Waals surface area contributed by atoms with Gasteiger partial charge in [-0.1, -0.05) is 17.7 Å². The Morgan fingerprint density at radius 1 is 1.13 bits per heavy atom. The first-order valence-corrected chi connectivity index (χ1v) is 9.57. The normalized spacial score (nSPS) is 10.9. The summed E-state index contributed by atoms with van der Waals surface area (Å²) < 4.78 is 6.91. The number of carbonyl (C=O) groups is 1. The summed E-state index contributed by atoms with van der Waals surface area (Å²) in [6.07, 6.45) is 1.92. The van der Waals surface area contributed by atoms with E-state index in [0.717, 1.165) is 5.56 Å². The number of rotatable bonds is 6. The predicted octanol–water partition coefficient (Wildman–Crippen LogP) is 2.02. The monoisotopic (exact) mass is 420 g/mol. The van der Waals surface area contributed by atoms with Gasteiger partial charge >= 0.3 is 5.69 Å². The molecule has 0 aliphatic rings. The van der Waals surface area contributed by atoms with Gasteiger partial charge in [0.1, 0.15) is 17.1 Å². The molecule has 158 valence electrons. The quantitative estimate of drug-likeness (QED) is 0.437. The van der Waals surface area contributed by atoms with E-state index in [1.54, 1.807) is 12.1 Å². The number of nitrogens with zero attached hydrogens (tertiary/aromatic N) is 3. The molecule has 31 heavy (non-hydrogen) atoms. The molecule has 0 atom stereocenters. The molecule has 0 aliphatic carbocycles. The molecule has 3 heterocycles. The number of aromatic nitrogens is 5. The van der Waals surface area contributed by atoms with Gasteiger partial charge in [-0.3, -0.25) is 19.1 Å². The van der Waals surface area contributed by atoms with Crippen molar-refractivity contribution in [3.05, 3.63) is 74.8 Å². The Kier molecular flexibility index (Phi) is 5.35. The minimum absolute atomic E-state index is 0.132. The molecule has 0 radical (unpaired) electrons. The number of aromatic amines is 2. The minimum Gasteiger partial charge on any atom is -0.439 e. The number of ether oxygens (including phenoxy) is 1. The Balaban J connectivity index is 1.35. The molecule has 10 nitrogen and oxygen atoms in total. The summed E-state index contributed by atoms with van der Waals surface area (Å²) in [6, 6.07) is 11.0. The summed E-state index contributed by atoms with van der Waals surface area (Å²) in [4.78, 5) is 49.3. The summed E-state index contributed by atoms with van der Waals surface area (Å²) in [6.45, 7) is 2.00. The van der Waals surface area contributed by atoms with Gasteiger partial charge in [0.15, 0.2) is 5.65 Å². The Hall–Kier alpha value is -4.21. The standard InChI is InChI=1S/C21H20N6O4/c1-12-3-6-14(7-4-12)31-17-10-5-13(11-22-17)23-16(28)9-8-15-24-18-19(25-15)27(2)21(30)26-20(18)29/h3-7,10-11H,8-9H2,1-2H3,(H,23,28)(H,24,25)(H,26,29,30). The highest BCUT2D eigenvalue weighted by atomic mass is 16.5. The number of imidazole rings is 1. The second-order valence-corrected chi connectivity index (χ2v) is 7.05. The first kappa shape index (κ1) is 20.1. The number of anilines is 1. The summed E-state index contributed by atoms with van der Waals surface area (Å²) in [5.41, 5.74) is 1.03. The summed E-state index contributed by atoms with van der Waals surface area (Å²) in [5.74, 6) is 1.30. The molecule has 0 unspecified atom stereocenters. The molecule has 3 aromatic heterocycles. The predicted molar refractivity (Wildman–Crippen MR) is 114 cm³/mol. The van der Waals surface area contributed by atoms with Gasteiger partial charge in [-0.05, 0) is 25.1 Å². The van der Waals surface area contributed by atoms with Gasteiger partial charge in [0.2, 0.25) is 11.8 Å². The van der Waals surface area contributed by atoms with Gasteiger partial charge in [-0.2, -0.15) is 0 Å². The van der Waals surface area contributed by atoms with Crippen molar-refractivity contribution in [1.29, 1.82) is 0 Å². The van der Waals surface area contributed by atoms with Gasteiger partial charge in [-0.15, -0.1) is 0 Å². The van der Waals surface area contributed by atoms with Crippen LogP contribution in [-0.4, -0.2) is 30.4 Å². The van der Waals surface area contributed by atoms with Gasteiger partial charge in [0.25, 0.3) is 5.56 Å². The molecule has 0 bridgehead atoms. The zero-order valence-electron chi connectivity index (χ0n) is 16.9. The number of nitrogens with one attached hydrogen (secondary N) is 3. The van der Waals surface area contributed by atoms with E-state index in [0.29, 0.717) is 23.1 Å². The lowest BCUT2D eigenvalue weighted by Crippen LogP contribution is -2.28. The van der Waals surface area contributed by atoms with E-state index in [2.05, 4.69) is 25.3 Å². The fraction of sp³-hybridized carbons (Fsp3) is 0.190. The number of fused-ring (bicyclic) bond motifs is 1. The van der Waals surface area contributed by atoms with Crippen molar-refractivity contribution in [2.75, 3.05) is 5.32 Å².